The van der Waals surface area contributed by atoms with Gasteiger partial charge in [0.05, 0.1) is 4.90 Å². The summed E-state index contributed by atoms with van der Waals surface area (Å²) in [5.41, 5.74) is 1.03. The van der Waals surface area contributed by atoms with Crippen molar-refractivity contribution in [2.75, 3.05) is 6.54 Å². The summed E-state index contributed by atoms with van der Waals surface area (Å²) in [7, 11) is 1.64. The molecule has 4 nitrogen and oxygen atoms in total. The second-order valence-electron chi connectivity index (χ2n) is 5.34. The van der Waals surface area contributed by atoms with Crippen LogP contribution in [0.25, 0.3) is 0 Å². The van der Waals surface area contributed by atoms with E-state index in [1.807, 2.05) is 18.7 Å². The molecule has 1 aromatic rings. The summed E-state index contributed by atoms with van der Waals surface area (Å²) in [6.45, 7) is 4.58. The zero-order chi connectivity index (χ0) is 15.6. The van der Waals surface area contributed by atoms with Gasteiger partial charge in [-0.2, -0.15) is 0 Å². The molecule has 1 saturated carbocycles. The van der Waals surface area contributed by atoms with Crippen molar-refractivity contribution in [1.29, 1.82) is 0 Å². The maximum Gasteiger partial charge on any atom is 0.261 e. The molecule has 21 heavy (non-hydrogen) atoms. The van der Waals surface area contributed by atoms with Crippen LogP contribution in [0, 0.1) is 0 Å². The number of carbonyl (C=O) groups excluding carboxylic acids is 1. The Bertz CT molecular complexity index is 638. The van der Waals surface area contributed by atoms with Crippen molar-refractivity contribution in [1.82, 2.24) is 4.90 Å². The van der Waals surface area contributed by atoms with Gasteiger partial charge in [0.15, 0.2) is 0 Å². The third kappa shape index (κ3) is 3.77. The SMILES string of the molecule is CCCN(C(=O)c1ccc(CC)c(S(=O)(=O)Cl)c1)C1CC1. The molecule has 1 aliphatic rings. The van der Waals surface area contributed by atoms with Crippen molar-refractivity contribution in [2.24, 2.45) is 0 Å². The summed E-state index contributed by atoms with van der Waals surface area (Å²) in [5.74, 6) is -0.108. The molecule has 1 amide bonds. The van der Waals surface area contributed by atoms with Crippen LogP contribution in [0.4, 0.5) is 0 Å². The number of hydrogen-bond acceptors (Lipinski definition) is 3. The van der Waals surface area contributed by atoms with Gasteiger partial charge in [0.2, 0.25) is 0 Å². The fourth-order valence-corrected chi connectivity index (χ4v) is 3.67. The van der Waals surface area contributed by atoms with E-state index < -0.39 is 9.05 Å². The first kappa shape index (κ1) is 16.3. The second-order valence-corrected chi connectivity index (χ2v) is 7.88. The lowest BCUT2D eigenvalue weighted by molar-refractivity contribution is 0.0743. The predicted molar refractivity (Wildman–Crippen MR) is 83.2 cm³/mol. The molecule has 0 saturated heterocycles. The third-order valence-corrected chi connectivity index (χ3v) is 5.07. The highest BCUT2D eigenvalue weighted by Crippen LogP contribution is 2.29. The lowest BCUT2D eigenvalue weighted by Crippen LogP contribution is -2.33. The van der Waals surface area contributed by atoms with Crippen LogP contribution in [0.15, 0.2) is 23.1 Å². The van der Waals surface area contributed by atoms with Crippen LogP contribution in [-0.4, -0.2) is 31.8 Å². The van der Waals surface area contributed by atoms with E-state index in [9.17, 15) is 13.2 Å². The fraction of sp³-hybridized carbons (Fsp3) is 0.533. The highest BCUT2D eigenvalue weighted by Gasteiger charge is 2.32. The Morgan fingerprint density at radius 3 is 2.48 bits per heavy atom. The minimum Gasteiger partial charge on any atom is -0.336 e. The number of carbonyl (C=O) groups is 1. The zero-order valence-electron chi connectivity index (χ0n) is 12.3. The van der Waals surface area contributed by atoms with Gasteiger partial charge in [0.25, 0.3) is 15.0 Å². The van der Waals surface area contributed by atoms with Crippen molar-refractivity contribution in [3.05, 3.63) is 29.3 Å². The number of rotatable bonds is 6. The summed E-state index contributed by atoms with van der Waals surface area (Å²) >= 11 is 0. The van der Waals surface area contributed by atoms with Crippen molar-refractivity contribution < 1.29 is 13.2 Å². The van der Waals surface area contributed by atoms with Gasteiger partial charge in [0, 0.05) is 28.8 Å². The number of amides is 1. The molecule has 6 heteroatoms. The molecule has 0 heterocycles. The monoisotopic (exact) mass is 329 g/mol. The van der Waals surface area contributed by atoms with Gasteiger partial charge in [-0.05, 0) is 43.4 Å². The van der Waals surface area contributed by atoms with Crippen molar-refractivity contribution in [2.45, 2.75) is 50.5 Å². The number of nitrogens with zero attached hydrogens (tertiary/aromatic N) is 1. The van der Waals surface area contributed by atoms with Crippen LogP contribution in [0.3, 0.4) is 0 Å². The standard InChI is InChI=1S/C15H20ClNO3S/c1-3-9-17(13-7-8-13)15(18)12-6-5-11(4-2)14(10-12)21(16,19)20/h5-6,10,13H,3-4,7-9H2,1-2H3. The maximum atomic E-state index is 12.6. The molecule has 0 unspecified atom stereocenters. The van der Waals surface area contributed by atoms with Gasteiger partial charge in [-0.3, -0.25) is 4.79 Å². The van der Waals surface area contributed by atoms with Crippen LogP contribution in [0.5, 0.6) is 0 Å². The van der Waals surface area contributed by atoms with E-state index in [4.69, 9.17) is 10.7 Å². The lowest BCUT2D eigenvalue weighted by atomic mass is 10.1. The van der Waals surface area contributed by atoms with E-state index in [0.717, 1.165) is 19.3 Å². The normalized spacial score (nSPS) is 15.0. The molecule has 1 aliphatic carbocycles. The Morgan fingerprint density at radius 1 is 1.33 bits per heavy atom. The first-order valence-corrected chi connectivity index (χ1v) is 9.58. The van der Waals surface area contributed by atoms with E-state index in [2.05, 4.69) is 0 Å². The lowest BCUT2D eigenvalue weighted by Gasteiger charge is -2.22. The Morgan fingerprint density at radius 2 is 2.00 bits per heavy atom. The van der Waals surface area contributed by atoms with E-state index in [0.29, 0.717) is 30.1 Å². The van der Waals surface area contributed by atoms with Gasteiger partial charge >= 0.3 is 0 Å². The molecular formula is C15H20ClNO3S. The minimum atomic E-state index is -3.84. The summed E-state index contributed by atoms with van der Waals surface area (Å²) in [6.07, 6.45) is 3.49. The summed E-state index contributed by atoms with van der Waals surface area (Å²) in [5, 5.41) is 0. The summed E-state index contributed by atoms with van der Waals surface area (Å²) in [6, 6.07) is 5.09. The number of aryl methyl sites for hydroxylation is 1. The van der Waals surface area contributed by atoms with E-state index >= 15 is 0 Å². The Kier molecular flexibility index (Phi) is 4.94. The van der Waals surface area contributed by atoms with Gasteiger partial charge in [-0.25, -0.2) is 8.42 Å². The first-order valence-electron chi connectivity index (χ1n) is 7.27. The average Bonchev–Trinajstić information content (AvgIpc) is 3.27. The van der Waals surface area contributed by atoms with Gasteiger partial charge in [-0.15, -0.1) is 0 Å². The smallest absolute Gasteiger partial charge is 0.261 e. The van der Waals surface area contributed by atoms with E-state index in [-0.39, 0.29) is 10.8 Å². The molecule has 0 bridgehead atoms. The highest BCUT2D eigenvalue weighted by atomic mass is 35.7. The van der Waals surface area contributed by atoms with Crippen LogP contribution in [-0.2, 0) is 15.5 Å². The number of halogens is 1. The van der Waals surface area contributed by atoms with Crippen molar-refractivity contribution in [3.63, 3.8) is 0 Å². The number of benzene rings is 1. The second kappa shape index (κ2) is 6.36. The van der Waals surface area contributed by atoms with Crippen molar-refractivity contribution >= 4 is 25.6 Å². The number of hydrogen-bond donors (Lipinski definition) is 0. The topological polar surface area (TPSA) is 54.5 Å². The third-order valence-electron chi connectivity index (χ3n) is 3.67. The van der Waals surface area contributed by atoms with Gasteiger partial charge < -0.3 is 4.90 Å². The highest BCUT2D eigenvalue weighted by molar-refractivity contribution is 8.13. The average molecular weight is 330 g/mol. The minimum absolute atomic E-state index is 0.0461. The Hall–Kier alpha value is -1.07. The Labute approximate surface area is 130 Å². The molecule has 0 aliphatic heterocycles. The molecule has 0 aromatic heterocycles. The molecule has 0 spiro atoms. The van der Waals surface area contributed by atoms with Gasteiger partial charge in [0.1, 0.15) is 0 Å². The predicted octanol–water partition coefficient (Wildman–Crippen LogP) is 3.19. The molecule has 0 N–H and O–H groups in total. The quantitative estimate of drug-likeness (QED) is 0.753. The summed E-state index contributed by atoms with van der Waals surface area (Å²) in [4.78, 5) is 14.5. The molecule has 0 atom stereocenters. The first-order chi connectivity index (χ1) is 9.88. The van der Waals surface area contributed by atoms with Crippen LogP contribution in [0.1, 0.15) is 49.0 Å². The molecule has 1 aromatic carbocycles. The molecule has 0 radical (unpaired) electrons. The molecule has 116 valence electrons. The molecule has 2 rings (SSSR count). The van der Waals surface area contributed by atoms with Crippen LogP contribution >= 0.6 is 10.7 Å². The van der Waals surface area contributed by atoms with E-state index in [1.165, 1.54) is 6.07 Å². The van der Waals surface area contributed by atoms with Gasteiger partial charge in [-0.1, -0.05) is 19.9 Å². The maximum absolute atomic E-state index is 12.6. The van der Waals surface area contributed by atoms with Crippen LogP contribution < -0.4 is 0 Å². The summed E-state index contributed by atoms with van der Waals surface area (Å²) < 4.78 is 23.3. The largest absolute Gasteiger partial charge is 0.336 e. The van der Waals surface area contributed by atoms with E-state index in [1.54, 1.807) is 12.1 Å². The Balaban J connectivity index is 2.37. The van der Waals surface area contributed by atoms with Crippen molar-refractivity contribution in [3.8, 4) is 0 Å². The fourth-order valence-electron chi connectivity index (χ4n) is 2.45. The molecule has 1 fully saturated rings. The van der Waals surface area contributed by atoms with Crippen LogP contribution in [0.2, 0.25) is 0 Å². The zero-order valence-corrected chi connectivity index (χ0v) is 13.9. The molecular weight excluding hydrogens is 310 g/mol.